The molecular formula is C25H23ClF2N6O3. The summed E-state index contributed by atoms with van der Waals surface area (Å²) in [5.74, 6) is -1.59. The maximum atomic E-state index is 14.2. The van der Waals surface area contributed by atoms with E-state index in [0.717, 1.165) is 25.0 Å². The van der Waals surface area contributed by atoms with Gasteiger partial charge in [0.15, 0.2) is 17.2 Å². The third kappa shape index (κ3) is 5.62. The van der Waals surface area contributed by atoms with E-state index in [-0.39, 0.29) is 23.8 Å². The first-order chi connectivity index (χ1) is 18.0. The van der Waals surface area contributed by atoms with E-state index in [9.17, 15) is 13.6 Å². The third-order valence-corrected chi connectivity index (χ3v) is 6.12. The zero-order valence-corrected chi connectivity index (χ0v) is 20.3. The average Bonchev–Trinajstić information content (AvgIpc) is 3.56. The molecule has 4 aromatic rings. The molecule has 1 atom stereocenters. The summed E-state index contributed by atoms with van der Waals surface area (Å²) in [5, 5.41) is 14.4. The number of aromatic nitrogens is 4. The second-order valence-electron chi connectivity index (χ2n) is 8.38. The van der Waals surface area contributed by atoms with Gasteiger partial charge < -0.3 is 20.1 Å². The van der Waals surface area contributed by atoms with Crippen molar-refractivity contribution < 1.29 is 23.0 Å². The Morgan fingerprint density at radius 2 is 2.05 bits per heavy atom. The zero-order chi connectivity index (χ0) is 25.8. The Balaban J connectivity index is 1.38. The third-order valence-electron chi connectivity index (χ3n) is 5.79. The van der Waals surface area contributed by atoms with Crippen molar-refractivity contribution in [3.63, 3.8) is 0 Å². The molecule has 5 rings (SSSR count). The molecule has 0 saturated carbocycles. The van der Waals surface area contributed by atoms with Crippen LogP contribution in [0.25, 0.3) is 22.3 Å². The number of rotatable bonds is 9. The first kappa shape index (κ1) is 24.8. The van der Waals surface area contributed by atoms with Gasteiger partial charge in [-0.15, -0.1) is 0 Å². The van der Waals surface area contributed by atoms with E-state index in [1.807, 2.05) is 18.2 Å². The Morgan fingerprint density at radius 3 is 2.84 bits per heavy atom. The van der Waals surface area contributed by atoms with Crippen molar-refractivity contribution in [2.45, 2.75) is 25.4 Å². The van der Waals surface area contributed by atoms with Crippen LogP contribution in [-0.2, 0) is 9.53 Å². The molecule has 37 heavy (non-hydrogen) atoms. The number of carbonyl (C=O) groups is 1. The number of amides is 1. The zero-order valence-electron chi connectivity index (χ0n) is 19.6. The number of aromatic amines is 1. The van der Waals surface area contributed by atoms with Crippen molar-refractivity contribution >= 4 is 34.4 Å². The molecule has 9 nitrogen and oxygen atoms in total. The molecule has 1 saturated heterocycles. The van der Waals surface area contributed by atoms with E-state index >= 15 is 0 Å². The topological polar surface area (TPSA) is 114 Å². The van der Waals surface area contributed by atoms with Gasteiger partial charge in [-0.05, 0) is 37.5 Å². The van der Waals surface area contributed by atoms with Crippen molar-refractivity contribution in [1.29, 1.82) is 0 Å². The van der Waals surface area contributed by atoms with Crippen molar-refractivity contribution in [3.05, 3.63) is 59.1 Å². The smallest absolute Gasteiger partial charge is 0.326 e. The number of nitrogens with one attached hydrogen (secondary N) is 3. The summed E-state index contributed by atoms with van der Waals surface area (Å²) in [5.41, 5.74) is 1.52. The van der Waals surface area contributed by atoms with E-state index < -0.39 is 11.6 Å². The molecule has 192 valence electrons. The van der Waals surface area contributed by atoms with E-state index in [1.54, 1.807) is 6.07 Å². The number of hydrogen-bond acceptors (Lipinski definition) is 7. The lowest BCUT2D eigenvalue weighted by Crippen LogP contribution is -2.35. The quantitative estimate of drug-likeness (QED) is 0.266. The first-order valence-corrected chi connectivity index (χ1v) is 12.1. The highest BCUT2D eigenvalue weighted by atomic mass is 35.5. The van der Waals surface area contributed by atoms with Crippen LogP contribution in [0.4, 0.5) is 14.6 Å². The van der Waals surface area contributed by atoms with Gasteiger partial charge in [0.1, 0.15) is 23.4 Å². The minimum Gasteiger partial charge on any atom is -0.421 e. The van der Waals surface area contributed by atoms with Crippen LogP contribution in [0.3, 0.4) is 0 Å². The Bertz CT molecular complexity index is 1430. The number of ether oxygens (including phenoxy) is 2. The molecule has 1 amide bonds. The van der Waals surface area contributed by atoms with E-state index in [0.29, 0.717) is 65.3 Å². The van der Waals surface area contributed by atoms with Crippen LogP contribution in [0, 0.1) is 11.6 Å². The molecule has 1 fully saturated rings. The lowest BCUT2D eigenvalue weighted by molar-refractivity contribution is -0.130. The summed E-state index contributed by atoms with van der Waals surface area (Å²) in [6.07, 6.45) is 1.82. The van der Waals surface area contributed by atoms with Gasteiger partial charge in [0.25, 0.3) is 0 Å². The Hall–Kier alpha value is -3.83. The highest BCUT2D eigenvalue weighted by Gasteiger charge is 2.23. The molecule has 0 aliphatic carbocycles. The number of fused-ring (bicyclic) bond motifs is 1. The maximum Gasteiger partial charge on any atom is 0.326 e. The first-order valence-electron chi connectivity index (χ1n) is 11.8. The van der Waals surface area contributed by atoms with Crippen LogP contribution in [-0.4, -0.2) is 51.9 Å². The van der Waals surface area contributed by atoms with Gasteiger partial charge in [-0.1, -0.05) is 29.8 Å². The van der Waals surface area contributed by atoms with E-state index in [4.69, 9.17) is 21.1 Å². The normalized spacial score (nSPS) is 15.2. The predicted octanol–water partition coefficient (Wildman–Crippen LogP) is 4.84. The van der Waals surface area contributed by atoms with Crippen molar-refractivity contribution in [2.24, 2.45) is 0 Å². The monoisotopic (exact) mass is 528 g/mol. The summed E-state index contributed by atoms with van der Waals surface area (Å²) < 4.78 is 38.4. The summed E-state index contributed by atoms with van der Waals surface area (Å²) in [6, 6.07) is 9.99. The lowest BCUT2D eigenvalue weighted by Gasteiger charge is -2.12. The second-order valence-corrected chi connectivity index (χ2v) is 8.79. The van der Waals surface area contributed by atoms with Gasteiger partial charge >= 0.3 is 6.01 Å². The molecule has 0 spiro atoms. The predicted molar refractivity (Wildman–Crippen MR) is 134 cm³/mol. The molecule has 2 aromatic heterocycles. The number of carbonyl (C=O) groups excluding carboxylic acids is 1. The molecule has 0 bridgehead atoms. The molecule has 3 N–H and O–H groups in total. The standard InChI is InChI=1S/C25H23ClF2N6O3/c26-16-6-2-1-5-15(16)21-20-22(29-10-4-11-30-24(35)19-7-3-12-36-19)31-25(32-23(20)34-33-21)37-18-9-8-14(27)13-17(18)28/h1-2,5-6,8-9,13,19H,3-4,7,10-12H2,(H,30,35)(H2,29,31,32,33,34). The van der Waals surface area contributed by atoms with Gasteiger partial charge in [-0.25, -0.2) is 8.78 Å². The van der Waals surface area contributed by atoms with Gasteiger partial charge in [-0.2, -0.15) is 15.1 Å². The van der Waals surface area contributed by atoms with Gasteiger partial charge in [0.2, 0.25) is 5.91 Å². The molecule has 12 heteroatoms. The minimum atomic E-state index is -0.887. The highest BCUT2D eigenvalue weighted by Crippen LogP contribution is 2.36. The summed E-state index contributed by atoms with van der Waals surface area (Å²) in [7, 11) is 0. The summed E-state index contributed by atoms with van der Waals surface area (Å²) in [6.45, 7) is 1.48. The lowest BCUT2D eigenvalue weighted by atomic mass is 10.1. The van der Waals surface area contributed by atoms with Crippen LogP contribution >= 0.6 is 11.6 Å². The molecule has 1 aliphatic rings. The van der Waals surface area contributed by atoms with Crippen LogP contribution in [0.5, 0.6) is 11.8 Å². The Morgan fingerprint density at radius 1 is 1.19 bits per heavy atom. The SMILES string of the molecule is O=C(NCCCNc1nc(Oc2ccc(F)cc2F)nc2[nH]nc(-c3ccccc3Cl)c12)C1CCCO1. The largest absolute Gasteiger partial charge is 0.421 e. The summed E-state index contributed by atoms with van der Waals surface area (Å²) >= 11 is 6.40. The fourth-order valence-electron chi connectivity index (χ4n) is 3.99. The van der Waals surface area contributed by atoms with E-state index in [2.05, 4.69) is 30.8 Å². The molecular weight excluding hydrogens is 506 g/mol. The number of nitrogens with zero attached hydrogens (tertiary/aromatic N) is 3. The average molecular weight is 529 g/mol. The molecule has 0 radical (unpaired) electrons. The van der Waals surface area contributed by atoms with Crippen LogP contribution < -0.4 is 15.4 Å². The van der Waals surface area contributed by atoms with Gasteiger partial charge in [-0.3, -0.25) is 9.89 Å². The van der Waals surface area contributed by atoms with Crippen molar-refractivity contribution in [1.82, 2.24) is 25.5 Å². The number of benzene rings is 2. The molecule has 1 unspecified atom stereocenters. The van der Waals surface area contributed by atoms with E-state index in [1.165, 1.54) is 0 Å². The second kappa shape index (κ2) is 11.1. The number of halogens is 3. The van der Waals surface area contributed by atoms with Gasteiger partial charge in [0, 0.05) is 31.3 Å². The maximum absolute atomic E-state index is 14.2. The Labute approximate surface area is 215 Å². The van der Waals surface area contributed by atoms with Crippen molar-refractivity contribution in [3.8, 4) is 23.0 Å². The Kier molecular flexibility index (Phi) is 7.42. The number of anilines is 1. The molecule has 3 heterocycles. The van der Waals surface area contributed by atoms with Crippen molar-refractivity contribution in [2.75, 3.05) is 25.0 Å². The fourth-order valence-corrected chi connectivity index (χ4v) is 4.22. The molecule has 2 aromatic carbocycles. The van der Waals surface area contributed by atoms with Crippen LogP contribution in [0.1, 0.15) is 19.3 Å². The van der Waals surface area contributed by atoms with Crippen LogP contribution in [0.15, 0.2) is 42.5 Å². The molecule has 1 aliphatic heterocycles. The minimum absolute atomic E-state index is 0.116. The summed E-state index contributed by atoms with van der Waals surface area (Å²) in [4.78, 5) is 20.9. The van der Waals surface area contributed by atoms with Gasteiger partial charge in [0.05, 0.1) is 10.4 Å². The highest BCUT2D eigenvalue weighted by molar-refractivity contribution is 6.33. The fraction of sp³-hybridized carbons (Fsp3) is 0.280. The van der Waals surface area contributed by atoms with Crippen LogP contribution in [0.2, 0.25) is 5.02 Å². The number of hydrogen-bond donors (Lipinski definition) is 3. The number of H-pyrrole nitrogens is 1.